The van der Waals surface area contributed by atoms with E-state index in [1.807, 2.05) is 12.2 Å². The number of carbonyl (C=O) groups excluding carboxylic acids is 2. The van der Waals surface area contributed by atoms with E-state index in [2.05, 4.69) is 12.2 Å². The highest BCUT2D eigenvalue weighted by atomic mass is 16.6. The second-order valence-electron chi connectivity index (χ2n) is 6.54. The molecule has 5 aliphatic rings. The number of nitrogens with one attached hydrogen (secondary N) is 1. The molecule has 3 saturated carbocycles. The van der Waals surface area contributed by atoms with Gasteiger partial charge in [-0.05, 0) is 51.2 Å². The summed E-state index contributed by atoms with van der Waals surface area (Å²) in [7, 11) is 0. The first-order valence-electron chi connectivity index (χ1n) is 6.92. The van der Waals surface area contributed by atoms with Crippen molar-refractivity contribution in [2.45, 2.75) is 38.7 Å². The molecule has 2 aliphatic heterocycles. The maximum atomic E-state index is 12.4. The summed E-state index contributed by atoms with van der Waals surface area (Å²) >= 11 is 0. The van der Waals surface area contributed by atoms with Gasteiger partial charge in [0.2, 0.25) is 0 Å². The Hall–Kier alpha value is -1.58. The second-order valence-corrected chi connectivity index (χ2v) is 6.54. The molecule has 100 valence electrons. The van der Waals surface area contributed by atoms with Crippen LogP contribution in [0, 0.1) is 17.3 Å². The van der Waals surface area contributed by atoms with Crippen molar-refractivity contribution in [2.24, 2.45) is 17.3 Å². The van der Waals surface area contributed by atoms with Crippen molar-refractivity contribution >= 4 is 11.9 Å². The Morgan fingerprint density at radius 2 is 2.26 bits per heavy atom. The lowest BCUT2D eigenvalue weighted by Gasteiger charge is -2.55. The maximum absolute atomic E-state index is 12.4. The largest absolute Gasteiger partial charge is 0.458 e. The number of rotatable bonds is 1. The van der Waals surface area contributed by atoms with Crippen molar-refractivity contribution < 1.29 is 14.3 Å². The summed E-state index contributed by atoms with van der Waals surface area (Å²) in [6.45, 7) is 3.84. The van der Waals surface area contributed by atoms with Gasteiger partial charge in [0.25, 0.3) is 5.91 Å². The lowest BCUT2D eigenvalue weighted by molar-refractivity contribution is -0.151. The van der Waals surface area contributed by atoms with E-state index >= 15 is 0 Å². The van der Waals surface area contributed by atoms with Crippen LogP contribution in [0.5, 0.6) is 0 Å². The van der Waals surface area contributed by atoms with Crippen LogP contribution >= 0.6 is 0 Å². The van der Waals surface area contributed by atoms with Crippen LogP contribution in [-0.2, 0) is 14.3 Å². The van der Waals surface area contributed by atoms with E-state index < -0.39 is 5.41 Å². The van der Waals surface area contributed by atoms with Gasteiger partial charge >= 0.3 is 5.97 Å². The fraction of sp³-hybridized carbons (Fsp3) is 0.600. The number of esters is 1. The van der Waals surface area contributed by atoms with E-state index in [9.17, 15) is 9.59 Å². The van der Waals surface area contributed by atoms with Gasteiger partial charge in [-0.2, -0.15) is 0 Å². The van der Waals surface area contributed by atoms with Crippen molar-refractivity contribution in [1.82, 2.24) is 5.32 Å². The first-order chi connectivity index (χ1) is 8.95. The van der Waals surface area contributed by atoms with E-state index in [0.29, 0.717) is 11.5 Å². The smallest absolute Gasteiger partial charge is 0.317 e. The molecule has 3 aliphatic carbocycles. The molecule has 0 unspecified atom stereocenters. The molecule has 4 bridgehead atoms. The van der Waals surface area contributed by atoms with Crippen LogP contribution in [0.2, 0.25) is 0 Å². The predicted molar refractivity (Wildman–Crippen MR) is 67.7 cm³/mol. The molecule has 1 N–H and O–H groups in total. The van der Waals surface area contributed by atoms with Crippen LogP contribution in [0.4, 0.5) is 0 Å². The SMILES string of the molecule is CC1=C/C(=C/[C@@]23C(=O)O[C@@]4(C)CC[C@@H]2C[C@@H]34)NC1=O. The predicted octanol–water partition coefficient (Wildman–Crippen LogP) is 1.68. The Morgan fingerprint density at radius 3 is 2.89 bits per heavy atom. The summed E-state index contributed by atoms with van der Waals surface area (Å²) in [5.74, 6) is 0.513. The van der Waals surface area contributed by atoms with Gasteiger partial charge in [0.05, 0.1) is 5.41 Å². The monoisotopic (exact) mass is 259 g/mol. The van der Waals surface area contributed by atoms with Gasteiger partial charge in [-0.3, -0.25) is 9.59 Å². The molecule has 4 nitrogen and oxygen atoms in total. The van der Waals surface area contributed by atoms with Crippen LogP contribution in [0.3, 0.4) is 0 Å². The number of hydrogen-bond acceptors (Lipinski definition) is 3. The molecule has 2 heterocycles. The zero-order valence-corrected chi connectivity index (χ0v) is 11.2. The van der Waals surface area contributed by atoms with Crippen molar-refractivity contribution in [3.63, 3.8) is 0 Å². The summed E-state index contributed by atoms with van der Waals surface area (Å²) in [4.78, 5) is 23.9. The van der Waals surface area contributed by atoms with Gasteiger partial charge in [0.15, 0.2) is 0 Å². The molecule has 1 amide bonds. The van der Waals surface area contributed by atoms with E-state index in [0.717, 1.165) is 25.0 Å². The van der Waals surface area contributed by atoms with Crippen LogP contribution in [0.15, 0.2) is 23.4 Å². The Bertz CT molecular complexity index is 574. The van der Waals surface area contributed by atoms with Crippen molar-refractivity contribution in [1.29, 1.82) is 0 Å². The van der Waals surface area contributed by atoms with Crippen LogP contribution < -0.4 is 5.32 Å². The average molecular weight is 259 g/mol. The van der Waals surface area contributed by atoms with Gasteiger partial charge in [-0.1, -0.05) is 0 Å². The quantitative estimate of drug-likeness (QED) is 0.729. The van der Waals surface area contributed by atoms with E-state index in [1.165, 1.54) is 0 Å². The average Bonchev–Trinajstić information content (AvgIpc) is 2.67. The maximum Gasteiger partial charge on any atom is 0.317 e. The molecule has 0 aromatic rings. The Balaban J connectivity index is 1.78. The summed E-state index contributed by atoms with van der Waals surface area (Å²) in [6.07, 6.45) is 6.88. The zero-order chi connectivity index (χ0) is 13.4. The van der Waals surface area contributed by atoms with E-state index in [-0.39, 0.29) is 23.4 Å². The molecular formula is C15H17NO3. The molecule has 0 aromatic heterocycles. The molecule has 1 saturated heterocycles. The third-order valence-electron chi connectivity index (χ3n) is 5.56. The molecule has 5 rings (SSSR count). The minimum absolute atomic E-state index is 0.0683. The summed E-state index contributed by atoms with van der Waals surface area (Å²) in [5.41, 5.74) is 0.697. The number of amides is 1. The van der Waals surface area contributed by atoms with Crippen LogP contribution in [0.25, 0.3) is 0 Å². The van der Waals surface area contributed by atoms with Gasteiger partial charge in [0, 0.05) is 17.2 Å². The fourth-order valence-corrected chi connectivity index (χ4v) is 4.45. The molecule has 4 fully saturated rings. The molecule has 4 heteroatoms. The number of ether oxygens (including phenoxy) is 1. The van der Waals surface area contributed by atoms with Gasteiger partial charge < -0.3 is 10.1 Å². The van der Waals surface area contributed by atoms with Crippen molar-refractivity contribution in [3.8, 4) is 0 Å². The molecular weight excluding hydrogens is 242 g/mol. The Labute approximate surface area is 111 Å². The number of hydrogen-bond donors (Lipinski definition) is 1. The van der Waals surface area contributed by atoms with Crippen LogP contribution in [-0.4, -0.2) is 17.5 Å². The highest BCUT2D eigenvalue weighted by Crippen LogP contribution is 2.69. The topological polar surface area (TPSA) is 55.4 Å². The zero-order valence-electron chi connectivity index (χ0n) is 11.2. The lowest BCUT2D eigenvalue weighted by atomic mass is 9.44. The fourth-order valence-electron chi connectivity index (χ4n) is 4.45. The highest BCUT2D eigenvalue weighted by Gasteiger charge is 2.74. The normalized spacial score (nSPS) is 48.7. The van der Waals surface area contributed by atoms with Gasteiger partial charge in [0.1, 0.15) is 5.60 Å². The van der Waals surface area contributed by atoms with Crippen LogP contribution in [0.1, 0.15) is 33.1 Å². The molecule has 0 spiro atoms. The minimum atomic E-state index is -0.475. The van der Waals surface area contributed by atoms with Gasteiger partial charge in [-0.25, -0.2) is 0 Å². The Kier molecular flexibility index (Phi) is 1.84. The van der Waals surface area contributed by atoms with Crippen molar-refractivity contribution in [2.75, 3.05) is 0 Å². The van der Waals surface area contributed by atoms with Crippen molar-refractivity contribution in [3.05, 3.63) is 23.4 Å². The summed E-state index contributed by atoms with van der Waals surface area (Å²) < 4.78 is 5.68. The summed E-state index contributed by atoms with van der Waals surface area (Å²) in [6, 6.07) is 0. The first-order valence-corrected chi connectivity index (χ1v) is 6.92. The number of allylic oxidation sites excluding steroid dienone is 1. The third-order valence-corrected chi connectivity index (χ3v) is 5.56. The highest BCUT2D eigenvalue weighted by molar-refractivity contribution is 5.98. The second kappa shape index (κ2) is 3.11. The van der Waals surface area contributed by atoms with E-state index in [1.54, 1.807) is 6.92 Å². The minimum Gasteiger partial charge on any atom is -0.458 e. The Morgan fingerprint density at radius 1 is 1.47 bits per heavy atom. The first kappa shape index (κ1) is 11.3. The molecule has 0 radical (unpaired) electrons. The molecule has 4 atom stereocenters. The molecule has 0 aromatic carbocycles. The molecule has 19 heavy (non-hydrogen) atoms. The third kappa shape index (κ3) is 1.15. The number of fused-ring (bicyclic) bond motifs is 1. The number of carbonyl (C=O) groups is 2. The summed E-state index contributed by atoms with van der Waals surface area (Å²) in [5, 5.41) is 2.82. The van der Waals surface area contributed by atoms with E-state index in [4.69, 9.17) is 4.74 Å². The standard InChI is InChI=1S/C15H17NO3/c1-8-5-10(16-12(8)17)7-15-9-3-4-14(2,11(15)6-9)19-13(15)18/h5,7,9,11H,3-4,6H2,1-2H3,(H,16,17)/b10-7-/t9-,11-,14+,15-/m1/s1. The van der Waals surface area contributed by atoms with Gasteiger partial charge in [-0.15, -0.1) is 0 Å². The lowest BCUT2D eigenvalue weighted by Crippen LogP contribution is -2.57.